The highest BCUT2D eigenvalue weighted by molar-refractivity contribution is 4.93. The van der Waals surface area contributed by atoms with Gasteiger partial charge in [-0.25, -0.2) is 4.98 Å². The second-order valence-corrected chi connectivity index (χ2v) is 5.29. The van der Waals surface area contributed by atoms with Crippen LogP contribution in [-0.2, 0) is 18.2 Å². The summed E-state index contributed by atoms with van der Waals surface area (Å²) < 4.78 is 8.10. The first-order valence-corrected chi connectivity index (χ1v) is 6.45. The van der Waals surface area contributed by atoms with Crippen molar-refractivity contribution in [3.05, 3.63) is 18.2 Å². The number of ether oxygens (including phenoxy) is 1. The van der Waals surface area contributed by atoms with Crippen molar-refractivity contribution in [1.82, 2.24) is 9.55 Å². The maximum absolute atomic E-state index is 6.06. The minimum absolute atomic E-state index is 0.0649. The lowest BCUT2D eigenvalue weighted by atomic mass is 10.0. The smallest absolute Gasteiger partial charge is 0.110 e. The molecule has 2 rings (SSSR count). The van der Waals surface area contributed by atoms with Gasteiger partial charge in [-0.3, -0.25) is 0 Å². The molecule has 0 radical (unpaired) electrons. The van der Waals surface area contributed by atoms with E-state index >= 15 is 0 Å². The Morgan fingerprint density at radius 1 is 1.65 bits per heavy atom. The molecule has 96 valence electrons. The fourth-order valence-electron chi connectivity index (χ4n) is 2.72. The van der Waals surface area contributed by atoms with E-state index in [0.29, 0.717) is 6.54 Å². The van der Waals surface area contributed by atoms with Crippen LogP contribution in [-0.4, -0.2) is 28.3 Å². The number of aromatic nitrogens is 2. The maximum Gasteiger partial charge on any atom is 0.110 e. The van der Waals surface area contributed by atoms with E-state index in [1.807, 2.05) is 24.0 Å². The third kappa shape index (κ3) is 2.87. The van der Waals surface area contributed by atoms with Crippen LogP contribution >= 0.6 is 0 Å². The van der Waals surface area contributed by atoms with E-state index in [1.54, 1.807) is 0 Å². The molecule has 1 aromatic rings. The topological polar surface area (TPSA) is 53.1 Å². The summed E-state index contributed by atoms with van der Waals surface area (Å²) in [6, 6.07) is 0. The van der Waals surface area contributed by atoms with Crippen molar-refractivity contribution < 1.29 is 4.74 Å². The van der Waals surface area contributed by atoms with E-state index in [4.69, 9.17) is 10.5 Å². The zero-order chi connectivity index (χ0) is 12.3. The Kier molecular flexibility index (Phi) is 3.84. The summed E-state index contributed by atoms with van der Waals surface area (Å²) in [6.07, 6.45) is 8.09. The van der Waals surface area contributed by atoms with Crippen LogP contribution in [0, 0.1) is 5.92 Å². The SMILES string of the molecule is CC1CCC(CN)(OCCc2nccn2C)C1. The normalized spacial score (nSPS) is 28.8. The number of hydrogen-bond acceptors (Lipinski definition) is 3. The lowest BCUT2D eigenvalue weighted by Gasteiger charge is -2.28. The minimum Gasteiger partial charge on any atom is -0.373 e. The molecule has 4 heteroatoms. The van der Waals surface area contributed by atoms with Gasteiger partial charge in [-0.1, -0.05) is 6.92 Å². The highest BCUT2D eigenvalue weighted by atomic mass is 16.5. The van der Waals surface area contributed by atoms with Gasteiger partial charge in [-0.15, -0.1) is 0 Å². The Morgan fingerprint density at radius 3 is 3.00 bits per heavy atom. The number of nitrogens with zero attached hydrogens (tertiary/aromatic N) is 2. The standard InChI is InChI=1S/C13H23N3O/c1-11-3-5-13(9-11,10-14)17-8-4-12-15-6-7-16(12)2/h6-7,11H,3-5,8-10,14H2,1-2H3. The zero-order valence-corrected chi connectivity index (χ0v) is 10.9. The van der Waals surface area contributed by atoms with Gasteiger partial charge in [0.1, 0.15) is 5.82 Å². The van der Waals surface area contributed by atoms with Crippen LogP contribution in [0.1, 0.15) is 32.0 Å². The van der Waals surface area contributed by atoms with E-state index < -0.39 is 0 Å². The molecule has 1 aliphatic carbocycles. The summed E-state index contributed by atoms with van der Waals surface area (Å²) in [5.41, 5.74) is 5.81. The van der Waals surface area contributed by atoms with Crippen molar-refractivity contribution in [3.8, 4) is 0 Å². The molecule has 2 N–H and O–H groups in total. The molecule has 1 aromatic heterocycles. The number of aryl methyl sites for hydroxylation is 1. The van der Waals surface area contributed by atoms with Crippen molar-refractivity contribution in [1.29, 1.82) is 0 Å². The molecule has 17 heavy (non-hydrogen) atoms. The fraction of sp³-hybridized carbons (Fsp3) is 0.769. The quantitative estimate of drug-likeness (QED) is 0.844. The van der Waals surface area contributed by atoms with Crippen LogP contribution < -0.4 is 5.73 Å². The van der Waals surface area contributed by atoms with Gasteiger partial charge >= 0.3 is 0 Å². The molecule has 0 saturated heterocycles. The van der Waals surface area contributed by atoms with Gasteiger partial charge in [0, 0.05) is 32.4 Å². The molecular weight excluding hydrogens is 214 g/mol. The van der Waals surface area contributed by atoms with E-state index in [1.165, 1.54) is 6.42 Å². The van der Waals surface area contributed by atoms with Crippen molar-refractivity contribution in [2.75, 3.05) is 13.2 Å². The summed E-state index contributed by atoms with van der Waals surface area (Å²) >= 11 is 0. The number of hydrogen-bond donors (Lipinski definition) is 1. The largest absolute Gasteiger partial charge is 0.373 e. The molecule has 1 aliphatic rings. The maximum atomic E-state index is 6.06. The Bertz CT molecular complexity index is 363. The van der Waals surface area contributed by atoms with Crippen LogP contribution in [0.2, 0.25) is 0 Å². The van der Waals surface area contributed by atoms with Crippen LogP contribution in [0.4, 0.5) is 0 Å². The van der Waals surface area contributed by atoms with Gasteiger partial charge < -0.3 is 15.0 Å². The monoisotopic (exact) mass is 237 g/mol. The van der Waals surface area contributed by atoms with E-state index in [2.05, 4.69) is 11.9 Å². The van der Waals surface area contributed by atoms with Crippen molar-refractivity contribution in [2.24, 2.45) is 18.7 Å². The summed E-state index contributed by atoms with van der Waals surface area (Å²) in [5, 5.41) is 0. The average Bonchev–Trinajstić information content (AvgIpc) is 2.88. The van der Waals surface area contributed by atoms with Gasteiger partial charge in [0.05, 0.1) is 12.2 Å². The molecule has 1 fully saturated rings. The van der Waals surface area contributed by atoms with Gasteiger partial charge in [0.15, 0.2) is 0 Å². The van der Waals surface area contributed by atoms with Crippen LogP contribution in [0.25, 0.3) is 0 Å². The van der Waals surface area contributed by atoms with Gasteiger partial charge in [-0.05, 0) is 25.2 Å². The highest BCUT2D eigenvalue weighted by Gasteiger charge is 2.37. The molecule has 0 aromatic carbocycles. The van der Waals surface area contributed by atoms with Gasteiger partial charge in [0.2, 0.25) is 0 Å². The first kappa shape index (κ1) is 12.6. The van der Waals surface area contributed by atoms with Gasteiger partial charge in [0.25, 0.3) is 0 Å². The fourth-order valence-corrected chi connectivity index (χ4v) is 2.72. The molecule has 1 saturated carbocycles. The summed E-state index contributed by atoms with van der Waals surface area (Å²) in [4.78, 5) is 4.30. The molecular formula is C13H23N3O. The molecule has 0 spiro atoms. The first-order valence-electron chi connectivity index (χ1n) is 6.45. The summed E-state index contributed by atoms with van der Waals surface area (Å²) in [5.74, 6) is 1.81. The third-order valence-electron chi connectivity index (χ3n) is 3.84. The summed E-state index contributed by atoms with van der Waals surface area (Å²) in [7, 11) is 2.01. The van der Waals surface area contributed by atoms with Crippen molar-refractivity contribution in [3.63, 3.8) is 0 Å². The molecule has 0 aliphatic heterocycles. The molecule has 4 nitrogen and oxygen atoms in total. The molecule has 0 amide bonds. The number of nitrogens with two attached hydrogens (primary N) is 1. The number of imidazole rings is 1. The lowest BCUT2D eigenvalue weighted by molar-refractivity contribution is -0.0349. The Morgan fingerprint density at radius 2 is 2.47 bits per heavy atom. The van der Waals surface area contributed by atoms with Crippen molar-refractivity contribution >= 4 is 0 Å². The second-order valence-electron chi connectivity index (χ2n) is 5.29. The van der Waals surface area contributed by atoms with Gasteiger partial charge in [-0.2, -0.15) is 0 Å². The van der Waals surface area contributed by atoms with Crippen LogP contribution in [0.3, 0.4) is 0 Å². The predicted octanol–water partition coefficient (Wildman–Crippen LogP) is 1.50. The Labute approximate surface area is 103 Å². The predicted molar refractivity (Wildman–Crippen MR) is 67.7 cm³/mol. The zero-order valence-electron chi connectivity index (χ0n) is 10.9. The molecule has 0 bridgehead atoms. The van der Waals surface area contributed by atoms with E-state index in [9.17, 15) is 0 Å². The van der Waals surface area contributed by atoms with Crippen LogP contribution in [0.15, 0.2) is 12.4 Å². The summed E-state index contributed by atoms with van der Waals surface area (Å²) in [6.45, 7) is 3.63. The van der Waals surface area contributed by atoms with E-state index in [0.717, 1.165) is 37.6 Å². The Balaban J connectivity index is 1.83. The first-order chi connectivity index (χ1) is 8.15. The molecule has 1 heterocycles. The second kappa shape index (κ2) is 5.19. The lowest BCUT2D eigenvalue weighted by Crippen LogP contribution is -2.39. The molecule has 2 unspecified atom stereocenters. The van der Waals surface area contributed by atoms with Crippen molar-refractivity contribution in [2.45, 2.75) is 38.2 Å². The Hall–Kier alpha value is -0.870. The number of rotatable bonds is 5. The minimum atomic E-state index is -0.0649. The molecule has 2 atom stereocenters. The van der Waals surface area contributed by atoms with E-state index in [-0.39, 0.29) is 5.60 Å². The van der Waals surface area contributed by atoms with Crippen LogP contribution in [0.5, 0.6) is 0 Å². The third-order valence-corrected chi connectivity index (χ3v) is 3.84. The highest BCUT2D eigenvalue weighted by Crippen LogP contribution is 2.36. The average molecular weight is 237 g/mol.